The Morgan fingerprint density at radius 1 is 1.40 bits per heavy atom. The Kier molecular flexibility index (Phi) is 3.28. The summed E-state index contributed by atoms with van der Waals surface area (Å²) in [4.78, 5) is 8.05. The largest absolute Gasteiger partial charge is 0.488 e. The highest BCUT2D eigenvalue weighted by molar-refractivity contribution is 5.66. The molecular formula is C14H16N4O2. The summed E-state index contributed by atoms with van der Waals surface area (Å²) in [5.41, 5.74) is 7.55. The Morgan fingerprint density at radius 2 is 2.25 bits per heavy atom. The van der Waals surface area contributed by atoms with Gasteiger partial charge in [0.15, 0.2) is 5.82 Å². The van der Waals surface area contributed by atoms with Crippen molar-refractivity contribution in [2.45, 2.75) is 12.5 Å². The van der Waals surface area contributed by atoms with Crippen LogP contribution in [0.4, 0.5) is 11.5 Å². The van der Waals surface area contributed by atoms with Crippen molar-refractivity contribution in [3.05, 3.63) is 36.2 Å². The van der Waals surface area contributed by atoms with E-state index >= 15 is 0 Å². The maximum atomic E-state index is 5.91. The van der Waals surface area contributed by atoms with Gasteiger partial charge in [0.25, 0.3) is 0 Å². The first-order valence-electron chi connectivity index (χ1n) is 6.41. The lowest BCUT2D eigenvalue weighted by Gasteiger charge is -2.14. The summed E-state index contributed by atoms with van der Waals surface area (Å²) in [5.74, 6) is 1.89. The van der Waals surface area contributed by atoms with Crippen LogP contribution in [0.15, 0.2) is 30.6 Å². The summed E-state index contributed by atoms with van der Waals surface area (Å²) in [7, 11) is 1.53. The third kappa shape index (κ3) is 2.32. The van der Waals surface area contributed by atoms with E-state index < -0.39 is 0 Å². The molecule has 0 aliphatic carbocycles. The third-order valence-electron chi connectivity index (χ3n) is 3.25. The molecule has 3 N–H and O–H groups in total. The highest BCUT2D eigenvalue weighted by atomic mass is 16.5. The number of anilines is 2. The van der Waals surface area contributed by atoms with Gasteiger partial charge in [-0.25, -0.2) is 4.98 Å². The average molecular weight is 272 g/mol. The monoisotopic (exact) mass is 272 g/mol. The molecule has 0 spiro atoms. The van der Waals surface area contributed by atoms with Gasteiger partial charge in [0.1, 0.15) is 23.9 Å². The second-order valence-electron chi connectivity index (χ2n) is 4.58. The summed E-state index contributed by atoms with van der Waals surface area (Å²) in [6.07, 6.45) is 2.38. The summed E-state index contributed by atoms with van der Waals surface area (Å²) in [6.45, 7) is 0.624. The topological polar surface area (TPSA) is 82.3 Å². The zero-order valence-electron chi connectivity index (χ0n) is 11.2. The molecule has 0 saturated heterocycles. The van der Waals surface area contributed by atoms with E-state index in [1.807, 2.05) is 18.2 Å². The number of ether oxygens (including phenoxy) is 2. The molecule has 6 heteroatoms. The molecule has 20 heavy (non-hydrogen) atoms. The molecule has 0 saturated carbocycles. The minimum atomic E-state index is 0.0766. The molecule has 0 amide bonds. The zero-order valence-corrected chi connectivity index (χ0v) is 11.2. The van der Waals surface area contributed by atoms with Gasteiger partial charge < -0.3 is 20.5 Å². The second kappa shape index (κ2) is 5.24. The van der Waals surface area contributed by atoms with Crippen LogP contribution in [0, 0.1) is 0 Å². The van der Waals surface area contributed by atoms with Crippen molar-refractivity contribution in [2.75, 3.05) is 24.7 Å². The Morgan fingerprint density at radius 3 is 3.05 bits per heavy atom. The van der Waals surface area contributed by atoms with Gasteiger partial charge in [0.05, 0.1) is 13.7 Å². The quantitative estimate of drug-likeness (QED) is 0.877. The molecule has 104 valence electrons. The van der Waals surface area contributed by atoms with E-state index in [0.717, 1.165) is 12.2 Å². The van der Waals surface area contributed by atoms with Crippen LogP contribution in [0.2, 0.25) is 0 Å². The number of hydrogen-bond acceptors (Lipinski definition) is 6. The van der Waals surface area contributed by atoms with Gasteiger partial charge in [-0.1, -0.05) is 18.2 Å². The van der Waals surface area contributed by atoms with Gasteiger partial charge in [-0.15, -0.1) is 0 Å². The fourth-order valence-electron chi connectivity index (χ4n) is 2.26. The molecule has 6 nitrogen and oxygen atoms in total. The Hall–Kier alpha value is -2.50. The number of nitrogens with two attached hydrogens (primary N) is 1. The molecule has 1 unspecified atom stereocenters. The summed E-state index contributed by atoms with van der Waals surface area (Å²) in [6, 6.07) is 8.06. The van der Waals surface area contributed by atoms with Crippen molar-refractivity contribution in [1.29, 1.82) is 0 Å². The van der Waals surface area contributed by atoms with Crippen LogP contribution in [0.5, 0.6) is 11.6 Å². The molecule has 1 aromatic carbocycles. The van der Waals surface area contributed by atoms with E-state index in [2.05, 4.69) is 21.4 Å². The molecular weight excluding hydrogens is 256 g/mol. The van der Waals surface area contributed by atoms with Crippen molar-refractivity contribution in [3.8, 4) is 11.6 Å². The molecule has 1 atom stereocenters. The number of para-hydroxylation sites is 1. The zero-order chi connectivity index (χ0) is 13.9. The predicted molar refractivity (Wildman–Crippen MR) is 76.0 cm³/mol. The Balaban J connectivity index is 1.64. The molecule has 1 aliphatic rings. The molecule has 2 heterocycles. The van der Waals surface area contributed by atoms with Crippen molar-refractivity contribution in [1.82, 2.24) is 9.97 Å². The van der Waals surface area contributed by atoms with Gasteiger partial charge in [0, 0.05) is 6.42 Å². The number of fused-ring (bicyclic) bond motifs is 1. The number of aromatic nitrogens is 2. The van der Waals surface area contributed by atoms with Crippen molar-refractivity contribution in [3.63, 3.8) is 0 Å². The SMILES string of the molecule is COc1ncnc(NCC2Cc3ccccc3O2)c1N. The smallest absolute Gasteiger partial charge is 0.242 e. The maximum Gasteiger partial charge on any atom is 0.242 e. The van der Waals surface area contributed by atoms with Crippen LogP contribution >= 0.6 is 0 Å². The summed E-state index contributed by atoms with van der Waals surface area (Å²) >= 11 is 0. The number of nitrogens with one attached hydrogen (secondary N) is 1. The van der Waals surface area contributed by atoms with E-state index in [0.29, 0.717) is 23.9 Å². The van der Waals surface area contributed by atoms with Crippen LogP contribution in [0.3, 0.4) is 0 Å². The lowest BCUT2D eigenvalue weighted by molar-refractivity contribution is 0.246. The molecule has 0 bridgehead atoms. The number of benzene rings is 1. The molecule has 1 aliphatic heterocycles. The van der Waals surface area contributed by atoms with Crippen LogP contribution in [0.1, 0.15) is 5.56 Å². The van der Waals surface area contributed by atoms with E-state index in [1.165, 1.54) is 19.0 Å². The molecule has 1 aromatic heterocycles. The lowest BCUT2D eigenvalue weighted by atomic mass is 10.1. The standard InChI is InChI=1S/C14H16N4O2/c1-19-14-12(15)13(17-8-18-14)16-7-10-6-9-4-2-3-5-11(9)20-10/h2-5,8,10H,6-7,15H2,1H3,(H,16,17,18). The minimum Gasteiger partial charge on any atom is -0.488 e. The molecule has 3 rings (SSSR count). The van der Waals surface area contributed by atoms with Gasteiger partial charge in [-0.05, 0) is 11.6 Å². The van der Waals surface area contributed by atoms with E-state index in [1.54, 1.807) is 0 Å². The first kappa shape index (κ1) is 12.5. The number of methoxy groups -OCH3 is 1. The normalized spacial score (nSPS) is 16.4. The lowest BCUT2D eigenvalue weighted by Crippen LogP contribution is -2.24. The van der Waals surface area contributed by atoms with Crippen molar-refractivity contribution in [2.24, 2.45) is 0 Å². The first-order valence-corrected chi connectivity index (χ1v) is 6.41. The Labute approximate surface area is 116 Å². The highest BCUT2D eigenvalue weighted by Crippen LogP contribution is 2.29. The molecule has 0 radical (unpaired) electrons. The van der Waals surface area contributed by atoms with Crippen LogP contribution in [-0.4, -0.2) is 29.7 Å². The van der Waals surface area contributed by atoms with E-state index in [4.69, 9.17) is 15.2 Å². The third-order valence-corrected chi connectivity index (χ3v) is 3.25. The maximum absolute atomic E-state index is 5.91. The number of nitrogen functional groups attached to an aromatic ring is 1. The van der Waals surface area contributed by atoms with Crippen LogP contribution < -0.4 is 20.5 Å². The number of rotatable bonds is 4. The van der Waals surface area contributed by atoms with Crippen molar-refractivity contribution < 1.29 is 9.47 Å². The van der Waals surface area contributed by atoms with Crippen LogP contribution in [0.25, 0.3) is 0 Å². The first-order chi connectivity index (χ1) is 9.78. The van der Waals surface area contributed by atoms with Crippen LogP contribution in [-0.2, 0) is 6.42 Å². The van der Waals surface area contributed by atoms with E-state index in [-0.39, 0.29) is 6.10 Å². The minimum absolute atomic E-state index is 0.0766. The second-order valence-corrected chi connectivity index (χ2v) is 4.58. The number of hydrogen-bond donors (Lipinski definition) is 2. The Bertz CT molecular complexity index is 593. The average Bonchev–Trinajstić information content (AvgIpc) is 2.89. The van der Waals surface area contributed by atoms with Gasteiger partial charge in [0.2, 0.25) is 5.88 Å². The van der Waals surface area contributed by atoms with Gasteiger partial charge in [-0.3, -0.25) is 0 Å². The molecule has 2 aromatic rings. The fourth-order valence-corrected chi connectivity index (χ4v) is 2.26. The van der Waals surface area contributed by atoms with Gasteiger partial charge >= 0.3 is 0 Å². The highest BCUT2D eigenvalue weighted by Gasteiger charge is 2.22. The van der Waals surface area contributed by atoms with Gasteiger partial charge in [-0.2, -0.15) is 4.98 Å². The predicted octanol–water partition coefficient (Wildman–Crippen LogP) is 1.48. The fraction of sp³-hybridized carbons (Fsp3) is 0.286. The summed E-state index contributed by atoms with van der Waals surface area (Å²) in [5, 5.41) is 3.18. The molecule has 0 fully saturated rings. The summed E-state index contributed by atoms with van der Waals surface area (Å²) < 4.78 is 10.9. The van der Waals surface area contributed by atoms with E-state index in [9.17, 15) is 0 Å². The number of nitrogens with zero attached hydrogens (tertiary/aromatic N) is 2. The van der Waals surface area contributed by atoms with Crippen molar-refractivity contribution >= 4 is 11.5 Å².